The summed E-state index contributed by atoms with van der Waals surface area (Å²) in [6, 6.07) is 7.03. The van der Waals surface area contributed by atoms with E-state index in [0.717, 1.165) is 25.9 Å². The van der Waals surface area contributed by atoms with E-state index in [-0.39, 0.29) is 11.7 Å². The fourth-order valence-corrected chi connectivity index (χ4v) is 2.52. The number of rotatable bonds is 3. The number of hydrogen-bond donors (Lipinski definition) is 1. The van der Waals surface area contributed by atoms with Crippen molar-refractivity contribution in [2.45, 2.75) is 25.8 Å². The average Bonchev–Trinajstić information content (AvgIpc) is 2.47. The summed E-state index contributed by atoms with van der Waals surface area (Å²) in [5.74, 6) is -0.316. The van der Waals surface area contributed by atoms with Gasteiger partial charge in [-0.25, -0.2) is 4.39 Å². The van der Waals surface area contributed by atoms with Gasteiger partial charge in [0.2, 0.25) is 5.91 Å². The van der Waals surface area contributed by atoms with Gasteiger partial charge in [-0.05, 0) is 38.5 Å². The molecule has 3 nitrogen and oxygen atoms in total. The molecule has 1 fully saturated rings. The molecule has 1 N–H and O–H groups in total. The molecule has 1 saturated heterocycles. The highest BCUT2D eigenvalue weighted by Crippen LogP contribution is 2.18. The van der Waals surface area contributed by atoms with Gasteiger partial charge in [-0.3, -0.25) is 4.79 Å². The third-order valence-corrected chi connectivity index (χ3v) is 3.85. The number of nitrogens with zero attached hydrogens (tertiary/aromatic N) is 1. The largest absolute Gasteiger partial charge is 0.339 e. The molecule has 0 saturated carbocycles. The lowest BCUT2D eigenvalue weighted by atomic mass is 10.0. The molecule has 0 bridgehead atoms. The van der Waals surface area contributed by atoms with E-state index in [9.17, 15) is 9.18 Å². The lowest BCUT2D eigenvalue weighted by Gasteiger charge is -2.31. The van der Waals surface area contributed by atoms with Crippen molar-refractivity contribution in [2.75, 3.05) is 20.1 Å². The fourth-order valence-electron chi connectivity index (χ4n) is 2.52. The molecule has 0 radical (unpaired) electrons. The molecule has 0 unspecified atom stereocenters. The van der Waals surface area contributed by atoms with Crippen molar-refractivity contribution in [1.82, 2.24) is 10.2 Å². The predicted molar refractivity (Wildman–Crippen MR) is 78.7 cm³/mol. The molecule has 1 aromatic rings. The summed E-state index contributed by atoms with van der Waals surface area (Å²) in [4.78, 5) is 14.0. The molecule has 1 aliphatic heterocycles. The van der Waals surface area contributed by atoms with Crippen LogP contribution in [0.15, 0.2) is 30.3 Å². The maximum atomic E-state index is 13.7. The van der Waals surface area contributed by atoms with Crippen molar-refractivity contribution < 1.29 is 9.18 Å². The highest BCUT2D eigenvalue weighted by molar-refractivity contribution is 5.95. The minimum absolute atomic E-state index is 0.0275. The molecule has 1 aliphatic rings. The molecule has 108 valence electrons. The number of nitrogens with one attached hydrogen (secondary N) is 1. The van der Waals surface area contributed by atoms with Crippen molar-refractivity contribution in [1.29, 1.82) is 0 Å². The number of piperidine rings is 1. The van der Waals surface area contributed by atoms with Gasteiger partial charge in [0, 0.05) is 30.8 Å². The summed E-state index contributed by atoms with van der Waals surface area (Å²) in [5.41, 5.74) is 1.16. The standard InChI is InChI=1S/C16H21FN2O/c1-12(14-5-3-4-6-15(14)17)11-16(20)19-9-7-13(18-2)8-10-19/h3-6,11,13,18H,7-10H2,1-2H3/b12-11+. The van der Waals surface area contributed by atoms with Crippen LogP contribution < -0.4 is 5.32 Å². The molecule has 2 rings (SSSR count). The van der Waals surface area contributed by atoms with Gasteiger partial charge in [0.1, 0.15) is 5.82 Å². The van der Waals surface area contributed by atoms with Crippen LogP contribution in [0.5, 0.6) is 0 Å². The van der Waals surface area contributed by atoms with Crippen LogP contribution in [0.25, 0.3) is 5.57 Å². The zero-order valence-corrected chi connectivity index (χ0v) is 12.0. The number of halogens is 1. The average molecular weight is 276 g/mol. The van der Waals surface area contributed by atoms with Crippen molar-refractivity contribution in [2.24, 2.45) is 0 Å². The number of allylic oxidation sites excluding steroid dienone is 1. The van der Waals surface area contributed by atoms with Crippen LogP contribution in [0.4, 0.5) is 4.39 Å². The summed E-state index contributed by atoms with van der Waals surface area (Å²) < 4.78 is 13.7. The van der Waals surface area contributed by atoms with Gasteiger partial charge in [-0.2, -0.15) is 0 Å². The molecule has 1 amide bonds. The minimum atomic E-state index is -0.289. The molecule has 1 heterocycles. The molecule has 0 aliphatic carbocycles. The van der Waals surface area contributed by atoms with Gasteiger partial charge in [0.15, 0.2) is 0 Å². The first-order valence-corrected chi connectivity index (χ1v) is 7.01. The van der Waals surface area contributed by atoms with E-state index >= 15 is 0 Å². The second kappa shape index (κ2) is 6.66. The van der Waals surface area contributed by atoms with Gasteiger partial charge >= 0.3 is 0 Å². The Kier molecular flexibility index (Phi) is 4.90. The van der Waals surface area contributed by atoms with Crippen LogP contribution in [0.2, 0.25) is 0 Å². The quantitative estimate of drug-likeness (QED) is 0.860. The first kappa shape index (κ1) is 14.7. The van der Waals surface area contributed by atoms with Crippen LogP contribution >= 0.6 is 0 Å². The van der Waals surface area contributed by atoms with Crippen LogP contribution in [0, 0.1) is 5.82 Å². The Balaban J connectivity index is 2.04. The van der Waals surface area contributed by atoms with E-state index in [1.807, 2.05) is 11.9 Å². The normalized spacial score (nSPS) is 17.4. The van der Waals surface area contributed by atoms with E-state index in [2.05, 4.69) is 5.32 Å². The topological polar surface area (TPSA) is 32.3 Å². The Bertz CT molecular complexity index is 505. The molecule has 1 aromatic carbocycles. The molecule has 0 atom stereocenters. The zero-order chi connectivity index (χ0) is 14.5. The molecular weight excluding hydrogens is 255 g/mol. The summed E-state index contributed by atoms with van der Waals surface area (Å²) >= 11 is 0. The molecule has 20 heavy (non-hydrogen) atoms. The van der Waals surface area contributed by atoms with Crippen LogP contribution in [-0.4, -0.2) is 37.0 Å². The van der Waals surface area contributed by atoms with Gasteiger partial charge < -0.3 is 10.2 Å². The Labute approximate surface area is 119 Å². The van der Waals surface area contributed by atoms with Crippen molar-refractivity contribution >= 4 is 11.5 Å². The van der Waals surface area contributed by atoms with E-state index in [1.54, 1.807) is 25.1 Å². The number of likely N-dealkylation sites (tertiary alicyclic amines) is 1. The summed E-state index contributed by atoms with van der Waals surface area (Å²) in [6.07, 6.45) is 3.47. The Morgan fingerprint density at radius 1 is 1.35 bits per heavy atom. The highest BCUT2D eigenvalue weighted by atomic mass is 19.1. The van der Waals surface area contributed by atoms with Crippen LogP contribution in [0.3, 0.4) is 0 Å². The lowest BCUT2D eigenvalue weighted by molar-refractivity contribution is -0.127. The number of benzene rings is 1. The second-order valence-corrected chi connectivity index (χ2v) is 5.20. The SMILES string of the molecule is CNC1CCN(C(=O)/C=C(\C)c2ccccc2F)CC1. The number of carbonyl (C=O) groups is 1. The monoisotopic (exact) mass is 276 g/mol. The maximum absolute atomic E-state index is 13.7. The van der Waals surface area contributed by atoms with Crippen molar-refractivity contribution in [3.8, 4) is 0 Å². The fraction of sp³-hybridized carbons (Fsp3) is 0.438. The Hall–Kier alpha value is -1.68. The predicted octanol–water partition coefficient (Wildman–Crippen LogP) is 2.44. The zero-order valence-electron chi connectivity index (χ0n) is 12.0. The van der Waals surface area contributed by atoms with Crippen molar-refractivity contribution in [3.63, 3.8) is 0 Å². The van der Waals surface area contributed by atoms with E-state index < -0.39 is 0 Å². The molecule has 0 aromatic heterocycles. The van der Waals surface area contributed by atoms with Gasteiger partial charge in [-0.15, -0.1) is 0 Å². The highest BCUT2D eigenvalue weighted by Gasteiger charge is 2.20. The smallest absolute Gasteiger partial charge is 0.246 e. The van der Waals surface area contributed by atoms with E-state index in [1.165, 1.54) is 12.1 Å². The lowest BCUT2D eigenvalue weighted by Crippen LogP contribution is -2.43. The molecule has 0 spiro atoms. The molecule has 4 heteroatoms. The van der Waals surface area contributed by atoms with Crippen LogP contribution in [0.1, 0.15) is 25.3 Å². The third-order valence-electron chi connectivity index (χ3n) is 3.85. The van der Waals surface area contributed by atoms with Gasteiger partial charge in [0.25, 0.3) is 0 Å². The number of carbonyl (C=O) groups excluding carboxylic acids is 1. The van der Waals surface area contributed by atoms with Crippen molar-refractivity contribution in [3.05, 3.63) is 41.7 Å². The number of amides is 1. The Morgan fingerprint density at radius 2 is 2.00 bits per heavy atom. The Morgan fingerprint density at radius 3 is 2.60 bits per heavy atom. The number of hydrogen-bond acceptors (Lipinski definition) is 2. The van der Waals surface area contributed by atoms with E-state index in [4.69, 9.17) is 0 Å². The van der Waals surface area contributed by atoms with Crippen LogP contribution in [-0.2, 0) is 4.79 Å². The molecular formula is C16H21FN2O. The maximum Gasteiger partial charge on any atom is 0.246 e. The summed E-state index contributed by atoms with van der Waals surface area (Å²) in [5, 5.41) is 3.23. The first-order valence-electron chi connectivity index (χ1n) is 7.01. The van der Waals surface area contributed by atoms with Gasteiger partial charge in [0.05, 0.1) is 0 Å². The minimum Gasteiger partial charge on any atom is -0.339 e. The summed E-state index contributed by atoms with van der Waals surface area (Å²) in [6.45, 7) is 3.29. The third kappa shape index (κ3) is 3.45. The summed E-state index contributed by atoms with van der Waals surface area (Å²) in [7, 11) is 1.95. The second-order valence-electron chi connectivity index (χ2n) is 5.20. The first-order chi connectivity index (χ1) is 9.61. The van der Waals surface area contributed by atoms with Gasteiger partial charge in [-0.1, -0.05) is 18.2 Å². The van der Waals surface area contributed by atoms with E-state index in [0.29, 0.717) is 17.2 Å².